The summed E-state index contributed by atoms with van der Waals surface area (Å²) in [4.78, 5) is 18.7. The number of aryl methyl sites for hydroxylation is 1. The van der Waals surface area contributed by atoms with E-state index in [4.69, 9.17) is 0 Å². The van der Waals surface area contributed by atoms with Crippen LogP contribution in [0, 0.1) is 6.92 Å². The number of likely N-dealkylation sites (N-methyl/N-ethyl adjacent to an activating group) is 1. The van der Waals surface area contributed by atoms with Gasteiger partial charge in [-0.05, 0) is 40.8 Å². The molecule has 1 atom stereocenters. The lowest BCUT2D eigenvalue weighted by Gasteiger charge is -2.38. The van der Waals surface area contributed by atoms with E-state index in [9.17, 15) is 4.79 Å². The van der Waals surface area contributed by atoms with Gasteiger partial charge in [-0.3, -0.25) is 0 Å². The van der Waals surface area contributed by atoms with Crippen molar-refractivity contribution in [3.8, 4) is 0 Å². The number of hydrogen-bond donors (Lipinski definition) is 2. The SMILES string of the molecule is CCC(CC)(CNC(=O)NC(C)c1nc(C)cs1)N(C)C. The number of hydrogen-bond acceptors (Lipinski definition) is 4. The van der Waals surface area contributed by atoms with E-state index < -0.39 is 0 Å². The highest BCUT2D eigenvalue weighted by Crippen LogP contribution is 2.20. The standard InChI is InChI=1S/C15H28N4OS/c1-7-15(8-2,19(5)6)10-16-14(20)18-12(4)13-17-11(3)9-21-13/h9,12H,7-8,10H2,1-6H3,(H2,16,18,20). The van der Waals surface area contributed by atoms with Crippen molar-refractivity contribution >= 4 is 17.4 Å². The molecule has 0 fully saturated rings. The Hall–Kier alpha value is -1.14. The summed E-state index contributed by atoms with van der Waals surface area (Å²) in [6, 6.07) is -0.204. The Morgan fingerprint density at radius 1 is 1.43 bits per heavy atom. The number of nitrogens with one attached hydrogen (secondary N) is 2. The Bertz CT molecular complexity index is 454. The number of carbonyl (C=O) groups excluding carboxylic acids is 1. The molecule has 0 radical (unpaired) electrons. The van der Waals surface area contributed by atoms with Gasteiger partial charge in [0.15, 0.2) is 0 Å². The molecule has 0 aliphatic rings. The molecule has 0 aliphatic carbocycles. The van der Waals surface area contributed by atoms with Gasteiger partial charge in [-0.2, -0.15) is 0 Å². The minimum atomic E-state index is -0.136. The molecule has 0 aliphatic heterocycles. The summed E-state index contributed by atoms with van der Waals surface area (Å²) < 4.78 is 0. The van der Waals surface area contributed by atoms with Crippen molar-refractivity contribution in [1.82, 2.24) is 20.5 Å². The zero-order valence-electron chi connectivity index (χ0n) is 14.0. The number of nitrogens with zero attached hydrogens (tertiary/aromatic N) is 2. The largest absolute Gasteiger partial charge is 0.336 e. The lowest BCUT2D eigenvalue weighted by atomic mass is 9.91. The Labute approximate surface area is 132 Å². The molecule has 1 aromatic rings. The van der Waals surface area contributed by atoms with E-state index in [1.165, 1.54) is 0 Å². The monoisotopic (exact) mass is 312 g/mol. The van der Waals surface area contributed by atoms with Crippen molar-refractivity contribution in [1.29, 1.82) is 0 Å². The van der Waals surface area contributed by atoms with Gasteiger partial charge in [-0.25, -0.2) is 9.78 Å². The molecule has 2 amide bonds. The number of amides is 2. The smallest absolute Gasteiger partial charge is 0.315 e. The Balaban J connectivity index is 2.53. The van der Waals surface area contributed by atoms with Gasteiger partial charge in [0.25, 0.3) is 0 Å². The first kappa shape index (κ1) is 17.9. The molecule has 120 valence electrons. The molecule has 21 heavy (non-hydrogen) atoms. The molecule has 0 bridgehead atoms. The van der Waals surface area contributed by atoms with Crippen LogP contribution < -0.4 is 10.6 Å². The van der Waals surface area contributed by atoms with Gasteiger partial charge in [-0.1, -0.05) is 13.8 Å². The molecule has 0 aromatic carbocycles. The summed E-state index contributed by atoms with van der Waals surface area (Å²) in [5, 5.41) is 8.88. The average molecular weight is 312 g/mol. The topological polar surface area (TPSA) is 57.3 Å². The maximum Gasteiger partial charge on any atom is 0.315 e. The number of thiazole rings is 1. The van der Waals surface area contributed by atoms with Gasteiger partial charge in [0.1, 0.15) is 5.01 Å². The summed E-state index contributed by atoms with van der Waals surface area (Å²) in [6.07, 6.45) is 2.00. The second-order valence-electron chi connectivity index (χ2n) is 5.70. The molecule has 1 aromatic heterocycles. The second-order valence-corrected chi connectivity index (χ2v) is 6.59. The molecular formula is C15H28N4OS. The molecular weight excluding hydrogens is 284 g/mol. The van der Waals surface area contributed by atoms with E-state index >= 15 is 0 Å². The maximum atomic E-state index is 12.1. The van der Waals surface area contributed by atoms with Gasteiger partial charge < -0.3 is 15.5 Å². The predicted molar refractivity (Wildman–Crippen MR) is 88.8 cm³/mol. The highest BCUT2D eigenvalue weighted by molar-refractivity contribution is 7.09. The van der Waals surface area contributed by atoms with Crippen LogP contribution in [0.15, 0.2) is 5.38 Å². The molecule has 0 saturated heterocycles. The maximum absolute atomic E-state index is 12.1. The number of aromatic nitrogens is 1. The first-order chi connectivity index (χ1) is 9.84. The lowest BCUT2D eigenvalue weighted by molar-refractivity contribution is 0.137. The fourth-order valence-electron chi connectivity index (χ4n) is 2.42. The quantitative estimate of drug-likeness (QED) is 0.814. The van der Waals surface area contributed by atoms with Gasteiger partial charge in [0.05, 0.1) is 6.04 Å². The zero-order valence-corrected chi connectivity index (χ0v) is 14.8. The normalized spacial score (nSPS) is 13.3. The van der Waals surface area contributed by atoms with Crippen LogP contribution in [0.2, 0.25) is 0 Å². The highest BCUT2D eigenvalue weighted by atomic mass is 32.1. The molecule has 0 spiro atoms. The van der Waals surface area contributed by atoms with Crippen LogP contribution in [-0.4, -0.2) is 42.1 Å². The van der Waals surface area contributed by atoms with Crippen molar-refractivity contribution in [3.63, 3.8) is 0 Å². The molecule has 1 unspecified atom stereocenters. The molecule has 2 N–H and O–H groups in total. The summed E-state index contributed by atoms with van der Waals surface area (Å²) in [6.45, 7) is 8.87. The van der Waals surface area contributed by atoms with Crippen LogP contribution in [0.3, 0.4) is 0 Å². The van der Waals surface area contributed by atoms with Gasteiger partial charge in [0, 0.05) is 23.2 Å². The Kier molecular flexibility index (Phi) is 6.61. The molecule has 6 heteroatoms. The second kappa shape index (κ2) is 7.75. The van der Waals surface area contributed by atoms with E-state index in [2.05, 4.69) is 48.5 Å². The van der Waals surface area contributed by atoms with Crippen LogP contribution in [0.4, 0.5) is 4.79 Å². The first-order valence-electron chi connectivity index (χ1n) is 7.48. The minimum Gasteiger partial charge on any atom is -0.336 e. The lowest BCUT2D eigenvalue weighted by Crippen LogP contribution is -2.53. The molecule has 0 saturated carbocycles. The van der Waals surface area contributed by atoms with Crippen molar-refractivity contribution < 1.29 is 4.79 Å². The van der Waals surface area contributed by atoms with E-state index in [-0.39, 0.29) is 17.6 Å². The third-order valence-electron chi connectivity index (χ3n) is 4.20. The Morgan fingerprint density at radius 2 is 2.05 bits per heavy atom. The number of urea groups is 1. The van der Waals surface area contributed by atoms with Gasteiger partial charge >= 0.3 is 6.03 Å². The van der Waals surface area contributed by atoms with Crippen LogP contribution in [0.5, 0.6) is 0 Å². The fraction of sp³-hybridized carbons (Fsp3) is 0.733. The molecule has 5 nitrogen and oxygen atoms in total. The predicted octanol–water partition coefficient (Wildman–Crippen LogP) is 2.93. The summed E-state index contributed by atoms with van der Waals surface area (Å²) in [5.74, 6) is 0. The third kappa shape index (κ3) is 4.68. The molecule has 1 rings (SSSR count). The first-order valence-corrected chi connectivity index (χ1v) is 8.36. The van der Waals surface area contributed by atoms with Crippen molar-refractivity contribution in [2.45, 2.75) is 52.1 Å². The van der Waals surface area contributed by atoms with E-state index in [1.54, 1.807) is 11.3 Å². The van der Waals surface area contributed by atoms with Crippen LogP contribution in [0.25, 0.3) is 0 Å². The number of carbonyl (C=O) groups is 1. The van der Waals surface area contributed by atoms with Crippen molar-refractivity contribution in [2.24, 2.45) is 0 Å². The van der Waals surface area contributed by atoms with E-state index in [1.807, 2.05) is 19.2 Å². The Morgan fingerprint density at radius 3 is 2.48 bits per heavy atom. The van der Waals surface area contributed by atoms with Crippen molar-refractivity contribution in [2.75, 3.05) is 20.6 Å². The average Bonchev–Trinajstić information content (AvgIpc) is 2.87. The van der Waals surface area contributed by atoms with Crippen LogP contribution in [0.1, 0.15) is 50.4 Å². The highest BCUT2D eigenvalue weighted by Gasteiger charge is 2.29. The summed E-state index contributed by atoms with van der Waals surface area (Å²) >= 11 is 1.58. The van der Waals surface area contributed by atoms with Crippen LogP contribution >= 0.6 is 11.3 Å². The van der Waals surface area contributed by atoms with Crippen LogP contribution in [-0.2, 0) is 0 Å². The zero-order chi connectivity index (χ0) is 16.0. The number of rotatable bonds is 7. The summed E-state index contributed by atoms with van der Waals surface area (Å²) in [7, 11) is 4.13. The molecule has 1 heterocycles. The van der Waals surface area contributed by atoms with E-state index in [0.29, 0.717) is 6.54 Å². The fourth-order valence-corrected chi connectivity index (χ4v) is 3.22. The minimum absolute atomic E-state index is 0.0123. The van der Waals surface area contributed by atoms with E-state index in [0.717, 1.165) is 23.5 Å². The van der Waals surface area contributed by atoms with Gasteiger partial charge in [-0.15, -0.1) is 11.3 Å². The third-order valence-corrected chi connectivity index (χ3v) is 5.34. The van der Waals surface area contributed by atoms with Crippen molar-refractivity contribution in [3.05, 3.63) is 16.1 Å². The summed E-state index contributed by atoms with van der Waals surface area (Å²) in [5.41, 5.74) is 1.01. The van der Waals surface area contributed by atoms with Gasteiger partial charge in [0.2, 0.25) is 0 Å².